The summed E-state index contributed by atoms with van der Waals surface area (Å²) in [7, 11) is 0. The molecule has 3 heteroatoms. The highest BCUT2D eigenvalue weighted by atomic mass is 16.5. The fourth-order valence-corrected chi connectivity index (χ4v) is 5.21. The lowest BCUT2D eigenvalue weighted by Crippen LogP contribution is -2.35. The second kappa shape index (κ2) is 5.22. The minimum absolute atomic E-state index is 0.265. The highest BCUT2D eigenvalue weighted by molar-refractivity contribution is 5.83. The van der Waals surface area contributed by atoms with Gasteiger partial charge in [-0.1, -0.05) is 6.07 Å². The van der Waals surface area contributed by atoms with Gasteiger partial charge in [-0.3, -0.25) is 9.59 Å². The molecular formula is C19H22O3. The molecule has 0 bridgehead atoms. The van der Waals surface area contributed by atoms with Crippen molar-refractivity contribution >= 4 is 11.8 Å². The Balaban J connectivity index is 1.62. The predicted molar refractivity (Wildman–Crippen MR) is 82.8 cm³/mol. The number of aryl methyl sites for hydroxylation is 1. The van der Waals surface area contributed by atoms with Gasteiger partial charge < -0.3 is 4.74 Å². The summed E-state index contributed by atoms with van der Waals surface area (Å²) in [5.74, 6) is 3.16. The van der Waals surface area contributed by atoms with Gasteiger partial charge in [0.15, 0.2) is 0 Å². The zero-order valence-corrected chi connectivity index (χ0v) is 13.0. The van der Waals surface area contributed by atoms with Crippen LogP contribution in [0.15, 0.2) is 18.2 Å². The summed E-state index contributed by atoms with van der Waals surface area (Å²) in [5, 5.41) is 0. The number of carbonyl (C=O) groups excluding carboxylic acids is 2. The van der Waals surface area contributed by atoms with E-state index in [-0.39, 0.29) is 5.97 Å². The van der Waals surface area contributed by atoms with E-state index < -0.39 is 0 Å². The van der Waals surface area contributed by atoms with Crippen molar-refractivity contribution in [2.75, 3.05) is 0 Å². The van der Waals surface area contributed by atoms with E-state index in [4.69, 9.17) is 4.74 Å². The minimum Gasteiger partial charge on any atom is -0.427 e. The molecular weight excluding hydrogens is 276 g/mol. The van der Waals surface area contributed by atoms with Crippen LogP contribution in [0.3, 0.4) is 0 Å². The maximum atomic E-state index is 12.0. The highest BCUT2D eigenvalue weighted by Gasteiger charge is 2.47. The summed E-state index contributed by atoms with van der Waals surface area (Å²) in [6.07, 6.45) is 6.33. The lowest BCUT2D eigenvalue weighted by atomic mass is 9.61. The molecule has 3 aliphatic carbocycles. The molecule has 4 rings (SSSR count). The first kappa shape index (κ1) is 14.0. The number of hydrogen-bond donors (Lipinski definition) is 0. The molecule has 3 aliphatic rings. The van der Waals surface area contributed by atoms with Gasteiger partial charge in [0, 0.05) is 19.3 Å². The third-order valence-electron chi connectivity index (χ3n) is 6.03. The molecule has 4 atom stereocenters. The molecule has 2 fully saturated rings. The number of esters is 1. The summed E-state index contributed by atoms with van der Waals surface area (Å²) in [4.78, 5) is 23.1. The second-order valence-corrected chi connectivity index (χ2v) is 7.12. The zero-order chi connectivity index (χ0) is 15.3. The van der Waals surface area contributed by atoms with Gasteiger partial charge in [-0.05, 0) is 73.1 Å². The molecule has 0 N–H and O–H groups in total. The van der Waals surface area contributed by atoms with Gasteiger partial charge in [-0.25, -0.2) is 0 Å². The van der Waals surface area contributed by atoms with E-state index in [0.717, 1.165) is 32.1 Å². The predicted octanol–water partition coefficient (Wildman–Crippen LogP) is 3.65. The van der Waals surface area contributed by atoms with Crippen LogP contribution in [-0.2, 0) is 16.0 Å². The maximum absolute atomic E-state index is 12.0. The smallest absolute Gasteiger partial charge is 0.308 e. The van der Waals surface area contributed by atoms with E-state index in [1.165, 1.54) is 24.5 Å². The monoisotopic (exact) mass is 298 g/mol. The molecule has 3 nitrogen and oxygen atoms in total. The van der Waals surface area contributed by atoms with Crippen LogP contribution in [-0.4, -0.2) is 11.8 Å². The first-order chi connectivity index (χ1) is 10.6. The van der Waals surface area contributed by atoms with Crippen molar-refractivity contribution in [2.24, 2.45) is 17.8 Å². The molecule has 0 radical (unpaired) electrons. The van der Waals surface area contributed by atoms with Crippen LogP contribution >= 0.6 is 0 Å². The quantitative estimate of drug-likeness (QED) is 0.587. The van der Waals surface area contributed by atoms with Crippen LogP contribution in [0.5, 0.6) is 5.75 Å². The molecule has 116 valence electrons. The van der Waals surface area contributed by atoms with Crippen molar-refractivity contribution in [3.63, 3.8) is 0 Å². The Morgan fingerprint density at radius 1 is 1.05 bits per heavy atom. The molecule has 0 amide bonds. The molecule has 0 spiro atoms. The van der Waals surface area contributed by atoms with Crippen molar-refractivity contribution in [2.45, 2.75) is 51.4 Å². The summed E-state index contributed by atoms with van der Waals surface area (Å²) in [6.45, 7) is 1.44. The van der Waals surface area contributed by atoms with Crippen LogP contribution in [0.2, 0.25) is 0 Å². The molecule has 1 aromatic rings. The standard InChI is InChI=1S/C19H22O3/c1-11(20)22-13-3-5-14-12(10-13)2-4-16-15(14)6-7-18-17(16)8-9-19(18)21/h3,5,10,15-18H,2,4,6-9H2,1H3/t15-,16-,17+,18?/m1/s1. The van der Waals surface area contributed by atoms with Gasteiger partial charge in [0.25, 0.3) is 0 Å². The summed E-state index contributed by atoms with van der Waals surface area (Å²) in [5.41, 5.74) is 2.77. The first-order valence-electron chi connectivity index (χ1n) is 8.47. The van der Waals surface area contributed by atoms with E-state index in [2.05, 4.69) is 6.07 Å². The fraction of sp³-hybridized carbons (Fsp3) is 0.579. The largest absolute Gasteiger partial charge is 0.427 e. The number of benzene rings is 1. The highest BCUT2D eigenvalue weighted by Crippen LogP contribution is 2.54. The SMILES string of the molecule is CC(=O)Oc1ccc2c(c1)CC[C@@H]1[C@@H]2CCC2C(=O)CC[C@H]21. The molecule has 0 aromatic heterocycles. The number of ether oxygens (including phenoxy) is 1. The summed E-state index contributed by atoms with van der Waals surface area (Å²) in [6, 6.07) is 6.12. The molecule has 0 saturated heterocycles. The third kappa shape index (κ3) is 2.18. The Kier molecular flexibility index (Phi) is 3.32. The summed E-state index contributed by atoms with van der Waals surface area (Å²) < 4.78 is 5.22. The lowest BCUT2D eigenvalue weighted by Gasteiger charge is -2.43. The Hall–Kier alpha value is -1.64. The molecule has 0 heterocycles. The first-order valence-corrected chi connectivity index (χ1v) is 8.47. The number of fused-ring (bicyclic) bond motifs is 5. The lowest BCUT2D eigenvalue weighted by molar-refractivity contribution is -0.131. The van der Waals surface area contributed by atoms with Gasteiger partial charge in [-0.15, -0.1) is 0 Å². The van der Waals surface area contributed by atoms with Crippen molar-refractivity contribution in [3.8, 4) is 5.75 Å². The van der Waals surface area contributed by atoms with Crippen LogP contribution < -0.4 is 4.74 Å². The van der Waals surface area contributed by atoms with E-state index in [9.17, 15) is 9.59 Å². The molecule has 2 saturated carbocycles. The maximum Gasteiger partial charge on any atom is 0.308 e. The van der Waals surface area contributed by atoms with Gasteiger partial charge in [-0.2, -0.15) is 0 Å². The zero-order valence-electron chi connectivity index (χ0n) is 13.0. The van der Waals surface area contributed by atoms with Crippen molar-refractivity contribution in [1.82, 2.24) is 0 Å². The average molecular weight is 298 g/mol. The molecule has 22 heavy (non-hydrogen) atoms. The second-order valence-electron chi connectivity index (χ2n) is 7.12. The van der Waals surface area contributed by atoms with Crippen molar-refractivity contribution < 1.29 is 14.3 Å². The van der Waals surface area contributed by atoms with Crippen LogP contribution in [0.4, 0.5) is 0 Å². The Labute approximate surface area is 131 Å². The molecule has 1 unspecified atom stereocenters. The van der Waals surface area contributed by atoms with Crippen LogP contribution in [0.1, 0.15) is 56.1 Å². The Morgan fingerprint density at radius 3 is 2.59 bits per heavy atom. The Bertz CT molecular complexity index is 634. The third-order valence-corrected chi connectivity index (χ3v) is 6.03. The van der Waals surface area contributed by atoms with Crippen molar-refractivity contribution in [3.05, 3.63) is 29.3 Å². The van der Waals surface area contributed by atoms with Crippen LogP contribution in [0, 0.1) is 17.8 Å². The van der Waals surface area contributed by atoms with Gasteiger partial charge in [0.05, 0.1) is 0 Å². The Morgan fingerprint density at radius 2 is 1.77 bits per heavy atom. The van der Waals surface area contributed by atoms with E-state index in [1.807, 2.05) is 12.1 Å². The number of ketones is 1. The molecule has 0 aliphatic heterocycles. The van der Waals surface area contributed by atoms with Crippen LogP contribution in [0.25, 0.3) is 0 Å². The van der Waals surface area contributed by atoms with Gasteiger partial charge in [0.2, 0.25) is 0 Å². The van der Waals surface area contributed by atoms with Gasteiger partial charge in [0.1, 0.15) is 11.5 Å². The number of Topliss-reactive ketones (excluding diaryl/α,β-unsaturated/α-hetero) is 1. The van der Waals surface area contributed by atoms with Crippen molar-refractivity contribution in [1.29, 1.82) is 0 Å². The van der Waals surface area contributed by atoms with E-state index in [1.54, 1.807) is 0 Å². The van der Waals surface area contributed by atoms with E-state index in [0.29, 0.717) is 35.2 Å². The van der Waals surface area contributed by atoms with E-state index >= 15 is 0 Å². The minimum atomic E-state index is -0.265. The fourth-order valence-electron chi connectivity index (χ4n) is 5.21. The average Bonchev–Trinajstić information content (AvgIpc) is 2.88. The van der Waals surface area contributed by atoms with Gasteiger partial charge >= 0.3 is 5.97 Å². The normalized spacial score (nSPS) is 32.9. The number of hydrogen-bond acceptors (Lipinski definition) is 3. The number of rotatable bonds is 1. The molecule has 1 aromatic carbocycles. The summed E-state index contributed by atoms with van der Waals surface area (Å²) >= 11 is 0. The number of carbonyl (C=O) groups is 2. The topological polar surface area (TPSA) is 43.4 Å².